The molecule has 1 aliphatic rings. The molecule has 0 heterocycles. The number of benzene rings is 2. The minimum atomic E-state index is 0.689. The zero-order chi connectivity index (χ0) is 20.3. The molecule has 0 bridgehead atoms. The lowest BCUT2D eigenvalue weighted by atomic mass is 9.78. The lowest BCUT2D eigenvalue weighted by Gasteiger charge is -2.28. The first kappa shape index (κ1) is 21.3. The third-order valence-corrected chi connectivity index (χ3v) is 6.06. The summed E-state index contributed by atoms with van der Waals surface area (Å²) >= 11 is 0. The first-order valence-corrected chi connectivity index (χ1v) is 11.2. The quantitative estimate of drug-likeness (QED) is 0.344. The van der Waals surface area contributed by atoms with Gasteiger partial charge in [0.25, 0.3) is 0 Å². The van der Waals surface area contributed by atoms with Crippen molar-refractivity contribution < 1.29 is 4.74 Å². The average Bonchev–Trinajstić information content (AvgIpc) is 2.77. The van der Waals surface area contributed by atoms with E-state index in [1.54, 1.807) is 0 Å². The molecule has 0 unspecified atom stereocenters. The molecular formula is C28H34O. The van der Waals surface area contributed by atoms with Crippen molar-refractivity contribution >= 4 is 0 Å². The van der Waals surface area contributed by atoms with Gasteiger partial charge in [-0.15, -0.1) is 6.58 Å². The Hall–Kier alpha value is -2.46. The minimum Gasteiger partial charge on any atom is -0.494 e. The zero-order valence-corrected chi connectivity index (χ0v) is 17.8. The average molecular weight is 387 g/mol. The molecule has 0 spiro atoms. The normalized spacial score (nSPS) is 18.5. The van der Waals surface area contributed by atoms with Crippen molar-refractivity contribution in [3.8, 4) is 17.6 Å². The Morgan fingerprint density at radius 3 is 1.97 bits per heavy atom. The van der Waals surface area contributed by atoms with Gasteiger partial charge in [0.1, 0.15) is 5.75 Å². The van der Waals surface area contributed by atoms with Gasteiger partial charge in [0.15, 0.2) is 0 Å². The maximum absolute atomic E-state index is 5.47. The van der Waals surface area contributed by atoms with Gasteiger partial charge >= 0.3 is 0 Å². The highest BCUT2D eigenvalue weighted by molar-refractivity contribution is 5.44. The molecule has 3 rings (SSSR count). The largest absolute Gasteiger partial charge is 0.494 e. The number of aryl methyl sites for hydroxylation is 1. The van der Waals surface area contributed by atoms with Crippen LogP contribution in [0.5, 0.6) is 5.75 Å². The molecule has 0 amide bonds. The van der Waals surface area contributed by atoms with Crippen LogP contribution in [-0.2, 0) is 6.42 Å². The van der Waals surface area contributed by atoms with Crippen molar-refractivity contribution in [3.05, 3.63) is 77.9 Å². The maximum Gasteiger partial charge on any atom is 0.119 e. The molecule has 1 saturated carbocycles. The van der Waals surface area contributed by atoms with E-state index in [0.29, 0.717) is 6.61 Å². The Labute approximate surface area is 177 Å². The fraction of sp³-hybridized carbons (Fsp3) is 0.429. The number of hydrogen-bond acceptors (Lipinski definition) is 1. The third kappa shape index (κ3) is 7.13. The van der Waals surface area contributed by atoms with E-state index in [0.717, 1.165) is 28.7 Å². The van der Waals surface area contributed by atoms with E-state index in [1.165, 1.54) is 56.9 Å². The van der Waals surface area contributed by atoms with Crippen LogP contribution in [0.3, 0.4) is 0 Å². The molecule has 29 heavy (non-hydrogen) atoms. The zero-order valence-electron chi connectivity index (χ0n) is 17.8. The van der Waals surface area contributed by atoms with Crippen molar-refractivity contribution in [2.24, 2.45) is 11.8 Å². The highest BCUT2D eigenvalue weighted by atomic mass is 16.5. The van der Waals surface area contributed by atoms with Gasteiger partial charge in [-0.25, -0.2) is 0 Å². The van der Waals surface area contributed by atoms with Crippen molar-refractivity contribution in [2.75, 3.05) is 6.61 Å². The van der Waals surface area contributed by atoms with Crippen LogP contribution in [0, 0.1) is 23.7 Å². The van der Waals surface area contributed by atoms with E-state index in [4.69, 9.17) is 4.74 Å². The monoisotopic (exact) mass is 386 g/mol. The lowest BCUT2D eigenvalue weighted by Crippen LogP contribution is -2.15. The van der Waals surface area contributed by atoms with Crippen molar-refractivity contribution in [1.82, 2.24) is 0 Å². The Morgan fingerprint density at radius 2 is 1.41 bits per heavy atom. The first-order chi connectivity index (χ1) is 14.3. The summed E-state index contributed by atoms with van der Waals surface area (Å²) in [6, 6.07) is 16.8. The van der Waals surface area contributed by atoms with E-state index in [1.807, 2.05) is 31.2 Å². The van der Waals surface area contributed by atoms with E-state index in [9.17, 15) is 0 Å². The van der Waals surface area contributed by atoms with Crippen LogP contribution in [-0.4, -0.2) is 6.61 Å². The van der Waals surface area contributed by atoms with Gasteiger partial charge in [-0.1, -0.05) is 55.7 Å². The smallest absolute Gasteiger partial charge is 0.119 e. The van der Waals surface area contributed by atoms with Crippen LogP contribution in [0.1, 0.15) is 68.6 Å². The summed E-state index contributed by atoms with van der Waals surface area (Å²) in [5, 5.41) is 0. The van der Waals surface area contributed by atoms with Crippen LogP contribution in [0.4, 0.5) is 0 Å². The fourth-order valence-electron chi connectivity index (χ4n) is 4.23. The molecule has 1 heteroatoms. The van der Waals surface area contributed by atoms with Crippen LogP contribution < -0.4 is 4.74 Å². The molecule has 2 aromatic carbocycles. The standard InChI is InChI=1S/C28H34O/c1-3-5-6-23-7-9-24(10-8-23)11-12-25-13-15-26(16-14-25)17-18-27-19-21-28(22-20-27)29-4-2/h3,13-16,19-24H,1,4-12H2,2H3. The van der Waals surface area contributed by atoms with Gasteiger partial charge in [0, 0.05) is 11.1 Å². The number of rotatable bonds is 8. The van der Waals surface area contributed by atoms with Crippen LogP contribution in [0.2, 0.25) is 0 Å². The van der Waals surface area contributed by atoms with E-state index in [-0.39, 0.29) is 0 Å². The predicted molar refractivity (Wildman–Crippen MR) is 123 cm³/mol. The highest BCUT2D eigenvalue weighted by Crippen LogP contribution is 2.33. The Bertz CT molecular complexity index is 796. The van der Waals surface area contributed by atoms with Gasteiger partial charge in [-0.3, -0.25) is 0 Å². The fourth-order valence-corrected chi connectivity index (χ4v) is 4.23. The maximum atomic E-state index is 5.47. The van der Waals surface area contributed by atoms with Crippen molar-refractivity contribution in [3.63, 3.8) is 0 Å². The van der Waals surface area contributed by atoms with Crippen LogP contribution in [0.25, 0.3) is 0 Å². The molecule has 0 aliphatic heterocycles. The highest BCUT2D eigenvalue weighted by Gasteiger charge is 2.20. The molecule has 0 atom stereocenters. The molecule has 2 aromatic rings. The van der Waals surface area contributed by atoms with Crippen LogP contribution >= 0.6 is 0 Å². The van der Waals surface area contributed by atoms with Gasteiger partial charge in [-0.2, -0.15) is 0 Å². The van der Waals surface area contributed by atoms with Gasteiger partial charge in [-0.05, 0) is 86.4 Å². The first-order valence-electron chi connectivity index (χ1n) is 11.2. The molecule has 1 fully saturated rings. The second-order valence-corrected chi connectivity index (χ2v) is 8.20. The third-order valence-electron chi connectivity index (χ3n) is 6.06. The summed E-state index contributed by atoms with van der Waals surface area (Å²) in [5.41, 5.74) is 3.52. The number of hydrogen-bond donors (Lipinski definition) is 0. The Kier molecular flexibility index (Phi) is 8.44. The summed E-state index contributed by atoms with van der Waals surface area (Å²) < 4.78 is 5.47. The lowest BCUT2D eigenvalue weighted by molar-refractivity contribution is 0.254. The predicted octanol–water partition coefficient (Wildman–Crippen LogP) is 7.19. The molecule has 152 valence electrons. The summed E-state index contributed by atoms with van der Waals surface area (Å²) in [5.74, 6) is 9.26. The molecule has 0 radical (unpaired) electrons. The topological polar surface area (TPSA) is 9.23 Å². The van der Waals surface area contributed by atoms with Crippen molar-refractivity contribution in [1.29, 1.82) is 0 Å². The number of allylic oxidation sites excluding steroid dienone is 1. The van der Waals surface area contributed by atoms with Crippen molar-refractivity contribution in [2.45, 2.75) is 58.3 Å². The molecule has 1 aliphatic carbocycles. The van der Waals surface area contributed by atoms with Gasteiger partial charge in [0.2, 0.25) is 0 Å². The molecule has 1 nitrogen and oxygen atoms in total. The second-order valence-electron chi connectivity index (χ2n) is 8.20. The van der Waals surface area contributed by atoms with E-state index in [2.05, 4.69) is 48.8 Å². The summed E-state index contributed by atoms with van der Waals surface area (Å²) in [4.78, 5) is 0. The number of ether oxygens (including phenoxy) is 1. The molecular weight excluding hydrogens is 352 g/mol. The Balaban J connectivity index is 1.44. The summed E-state index contributed by atoms with van der Waals surface area (Å²) in [6.07, 6.45) is 12.8. The minimum absolute atomic E-state index is 0.689. The van der Waals surface area contributed by atoms with Gasteiger partial charge in [0.05, 0.1) is 6.61 Å². The van der Waals surface area contributed by atoms with E-state index >= 15 is 0 Å². The SMILES string of the molecule is C=CCCC1CCC(CCc2ccc(C#Cc3ccc(OCC)cc3)cc2)CC1. The molecule has 0 saturated heterocycles. The van der Waals surface area contributed by atoms with Gasteiger partial charge < -0.3 is 4.74 Å². The van der Waals surface area contributed by atoms with Crippen LogP contribution in [0.15, 0.2) is 61.2 Å². The Morgan fingerprint density at radius 1 is 0.862 bits per heavy atom. The molecule has 0 aromatic heterocycles. The van der Waals surface area contributed by atoms with E-state index < -0.39 is 0 Å². The second kappa shape index (κ2) is 11.5. The molecule has 0 N–H and O–H groups in total. The summed E-state index contributed by atoms with van der Waals surface area (Å²) in [7, 11) is 0. The summed E-state index contributed by atoms with van der Waals surface area (Å²) in [6.45, 7) is 6.53.